The van der Waals surface area contributed by atoms with Crippen molar-refractivity contribution < 1.29 is 0 Å². The van der Waals surface area contributed by atoms with Crippen LogP contribution in [-0.2, 0) is 0 Å². The average molecular weight is 157 g/mol. The molecule has 5 nitrogen and oxygen atoms in total. The predicted molar refractivity (Wildman–Crippen MR) is 47.5 cm³/mol. The highest BCUT2D eigenvalue weighted by Gasteiger charge is 1.86. The lowest BCUT2D eigenvalue weighted by Crippen LogP contribution is -2.16. The van der Waals surface area contributed by atoms with Gasteiger partial charge in [0.15, 0.2) is 0 Å². The smallest absolute Gasteiger partial charge is 0.216 e. The molecule has 0 aromatic heterocycles. The van der Waals surface area contributed by atoms with E-state index in [0.717, 1.165) is 6.42 Å². The Balaban J connectivity index is 3.72. The first-order chi connectivity index (χ1) is 5.16. The maximum atomic E-state index is 5.36. The van der Waals surface area contributed by atoms with E-state index in [1.807, 2.05) is 0 Å². The van der Waals surface area contributed by atoms with Crippen LogP contribution in [0.3, 0.4) is 0 Å². The van der Waals surface area contributed by atoms with E-state index >= 15 is 0 Å². The molecule has 0 amide bonds. The van der Waals surface area contributed by atoms with Crippen LogP contribution >= 0.6 is 0 Å². The van der Waals surface area contributed by atoms with Crippen LogP contribution in [0.15, 0.2) is 9.98 Å². The van der Waals surface area contributed by atoms with Gasteiger partial charge in [0.1, 0.15) is 0 Å². The highest BCUT2D eigenvalue weighted by Crippen LogP contribution is 1.79. The van der Waals surface area contributed by atoms with Gasteiger partial charge in [-0.25, -0.2) is 4.99 Å². The van der Waals surface area contributed by atoms with Crippen LogP contribution in [0.5, 0.6) is 0 Å². The molecule has 0 radical (unpaired) electrons. The van der Waals surface area contributed by atoms with Crippen molar-refractivity contribution in [1.82, 2.24) is 0 Å². The molecule has 0 spiro atoms. The first kappa shape index (κ1) is 9.90. The highest BCUT2D eigenvalue weighted by molar-refractivity contribution is 5.93. The number of hydrogen-bond acceptors (Lipinski definition) is 2. The van der Waals surface area contributed by atoms with Crippen molar-refractivity contribution >= 4 is 11.8 Å². The largest absolute Gasteiger partial charge is 0.387 e. The zero-order valence-electron chi connectivity index (χ0n) is 6.75. The second-order valence-electron chi connectivity index (χ2n) is 2.14. The predicted octanol–water partition coefficient (Wildman–Crippen LogP) is -0.973. The summed E-state index contributed by atoms with van der Waals surface area (Å²) in [6.07, 6.45) is 0.819. The quantitative estimate of drug-likeness (QED) is 0.279. The van der Waals surface area contributed by atoms with Crippen LogP contribution in [0.25, 0.3) is 0 Å². The summed E-state index contributed by atoms with van der Waals surface area (Å²) in [5, 5.41) is 0. The molecule has 0 aliphatic heterocycles. The summed E-state index contributed by atoms with van der Waals surface area (Å²) in [4.78, 5) is 7.63. The van der Waals surface area contributed by atoms with Gasteiger partial charge in [-0.3, -0.25) is 4.99 Å². The monoisotopic (exact) mass is 157 g/mol. The first-order valence-corrected chi connectivity index (χ1v) is 3.47. The third kappa shape index (κ3) is 6.79. The average Bonchev–Trinajstić information content (AvgIpc) is 1.86. The Bertz CT molecular complexity index is 156. The normalized spacial score (nSPS) is 13.6. The van der Waals surface area contributed by atoms with E-state index in [2.05, 4.69) is 9.98 Å². The summed E-state index contributed by atoms with van der Waals surface area (Å²) in [6, 6.07) is 0. The molecule has 0 saturated carbocycles. The van der Waals surface area contributed by atoms with E-state index in [9.17, 15) is 0 Å². The lowest BCUT2D eigenvalue weighted by Gasteiger charge is -1.93. The standard InChI is InChI=1S/C6H15N5/c1-5(8)11-6(9)10-4-2-3-7/h2-4,7H2,1H3,(H4,8,9,10,11). The topological polar surface area (TPSA) is 103 Å². The van der Waals surface area contributed by atoms with Gasteiger partial charge >= 0.3 is 0 Å². The van der Waals surface area contributed by atoms with Crippen LogP contribution in [0.1, 0.15) is 13.3 Å². The van der Waals surface area contributed by atoms with Gasteiger partial charge in [-0.05, 0) is 19.9 Å². The third-order valence-corrected chi connectivity index (χ3v) is 0.927. The van der Waals surface area contributed by atoms with Crippen LogP contribution in [0.4, 0.5) is 0 Å². The summed E-state index contributed by atoms with van der Waals surface area (Å²) in [5.74, 6) is 0.637. The summed E-state index contributed by atoms with van der Waals surface area (Å²) < 4.78 is 0. The van der Waals surface area contributed by atoms with E-state index in [1.165, 1.54) is 0 Å². The molecule has 11 heavy (non-hydrogen) atoms. The first-order valence-electron chi connectivity index (χ1n) is 3.47. The maximum Gasteiger partial charge on any atom is 0.216 e. The van der Waals surface area contributed by atoms with Crippen molar-refractivity contribution in [3.05, 3.63) is 0 Å². The van der Waals surface area contributed by atoms with E-state index in [0.29, 0.717) is 18.9 Å². The molecule has 0 fully saturated rings. The fourth-order valence-corrected chi connectivity index (χ4v) is 0.501. The molecule has 0 heterocycles. The van der Waals surface area contributed by atoms with Gasteiger partial charge in [-0.1, -0.05) is 0 Å². The molecule has 5 heteroatoms. The number of amidine groups is 1. The van der Waals surface area contributed by atoms with Gasteiger partial charge in [-0.2, -0.15) is 0 Å². The van der Waals surface area contributed by atoms with Gasteiger partial charge < -0.3 is 17.2 Å². The molecule has 64 valence electrons. The minimum atomic E-state index is 0.221. The number of aliphatic imine (C=N–C) groups is 2. The minimum absolute atomic E-state index is 0.221. The van der Waals surface area contributed by atoms with Gasteiger partial charge in [0.25, 0.3) is 0 Å². The Labute approximate surface area is 66.4 Å². The van der Waals surface area contributed by atoms with E-state index < -0.39 is 0 Å². The number of nitrogens with zero attached hydrogens (tertiary/aromatic N) is 2. The van der Waals surface area contributed by atoms with Crippen molar-refractivity contribution in [2.45, 2.75) is 13.3 Å². The lowest BCUT2D eigenvalue weighted by atomic mass is 10.4. The molecule has 0 rings (SSSR count). The Morgan fingerprint density at radius 3 is 2.45 bits per heavy atom. The van der Waals surface area contributed by atoms with Crippen LogP contribution < -0.4 is 17.2 Å². The van der Waals surface area contributed by atoms with Crippen LogP contribution in [0.2, 0.25) is 0 Å². The zero-order valence-corrected chi connectivity index (χ0v) is 6.75. The van der Waals surface area contributed by atoms with Crippen molar-refractivity contribution in [1.29, 1.82) is 0 Å². The maximum absolute atomic E-state index is 5.36. The Morgan fingerprint density at radius 2 is 2.00 bits per heavy atom. The van der Waals surface area contributed by atoms with Gasteiger partial charge in [0.05, 0.1) is 5.84 Å². The molecule has 0 aromatic rings. The molecule has 0 aliphatic rings. The van der Waals surface area contributed by atoms with E-state index in [1.54, 1.807) is 6.92 Å². The van der Waals surface area contributed by atoms with Gasteiger partial charge in [0, 0.05) is 6.54 Å². The third-order valence-electron chi connectivity index (χ3n) is 0.927. The Morgan fingerprint density at radius 1 is 1.36 bits per heavy atom. The summed E-state index contributed by atoms with van der Waals surface area (Å²) >= 11 is 0. The van der Waals surface area contributed by atoms with Crippen LogP contribution in [0, 0.1) is 0 Å². The Hall–Kier alpha value is -1.10. The molecule has 0 bridgehead atoms. The van der Waals surface area contributed by atoms with Gasteiger partial charge in [0.2, 0.25) is 5.96 Å². The van der Waals surface area contributed by atoms with Crippen LogP contribution in [-0.4, -0.2) is 24.9 Å². The second-order valence-corrected chi connectivity index (χ2v) is 2.14. The fourth-order valence-electron chi connectivity index (χ4n) is 0.501. The van der Waals surface area contributed by atoms with Crippen molar-refractivity contribution in [3.8, 4) is 0 Å². The summed E-state index contributed by atoms with van der Waals surface area (Å²) in [6.45, 7) is 2.88. The molecule has 0 aliphatic carbocycles. The molecule has 6 N–H and O–H groups in total. The minimum Gasteiger partial charge on any atom is -0.387 e. The molecular weight excluding hydrogens is 142 g/mol. The Kier molecular flexibility index (Phi) is 5.10. The SMILES string of the molecule is CC(N)=NC(N)=NCCCN. The van der Waals surface area contributed by atoms with Crippen molar-refractivity contribution in [2.75, 3.05) is 13.1 Å². The van der Waals surface area contributed by atoms with E-state index in [4.69, 9.17) is 17.2 Å². The number of hydrogen-bond donors (Lipinski definition) is 3. The lowest BCUT2D eigenvalue weighted by molar-refractivity contribution is 0.842. The van der Waals surface area contributed by atoms with Gasteiger partial charge in [-0.15, -0.1) is 0 Å². The number of nitrogens with two attached hydrogens (primary N) is 3. The number of guanidine groups is 1. The summed E-state index contributed by atoms with van der Waals surface area (Å²) in [7, 11) is 0. The zero-order chi connectivity index (χ0) is 8.69. The van der Waals surface area contributed by atoms with E-state index in [-0.39, 0.29) is 5.96 Å². The second kappa shape index (κ2) is 5.67. The fraction of sp³-hybridized carbons (Fsp3) is 0.667. The molecule has 0 aromatic carbocycles. The summed E-state index contributed by atoms with van der Waals surface area (Å²) in [5.41, 5.74) is 15.9. The molecule has 0 atom stereocenters. The number of rotatable bonds is 3. The molecule has 0 unspecified atom stereocenters. The molecule has 0 saturated heterocycles. The van der Waals surface area contributed by atoms with Crippen molar-refractivity contribution in [2.24, 2.45) is 27.2 Å². The van der Waals surface area contributed by atoms with Crippen molar-refractivity contribution in [3.63, 3.8) is 0 Å². The highest BCUT2D eigenvalue weighted by atomic mass is 15.1. The molecular formula is C6H15N5.